The summed E-state index contributed by atoms with van der Waals surface area (Å²) in [6.07, 6.45) is 1.79. The molecule has 0 fully saturated rings. The van der Waals surface area contributed by atoms with Crippen molar-refractivity contribution in [1.29, 1.82) is 0 Å². The van der Waals surface area contributed by atoms with Crippen LogP contribution in [0.1, 0.15) is 11.1 Å². The summed E-state index contributed by atoms with van der Waals surface area (Å²) in [5.74, 6) is 0. The molecule has 1 nitrogen and oxygen atoms in total. The van der Waals surface area contributed by atoms with Gasteiger partial charge in [-0.1, -0.05) is 11.6 Å². The first-order valence-corrected chi connectivity index (χ1v) is 3.26. The van der Waals surface area contributed by atoms with Gasteiger partial charge in [-0.05, 0) is 30.7 Å². The van der Waals surface area contributed by atoms with Crippen LogP contribution in [0, 0.1) is 6.92 Å². The molecule has 1 aromatic rings. The van der Waals surface area contributed by atoms with Gasteiger partial charge in [0.15, 0.2) is 0 Å². The van der Waals surface area contributed by atoms with E-state index in [9.17, 15) is 4.79 Å². The van der Waals surface area contributed by atoms with Gasteiger partial charge in [-0.25, -0.2) is 0 Å². The Balaban J connectivity index is 3.16. The fraction of sp³-hybridized carbons (Fsp3) is 0.125. The molecule has 10 heavy (non-hydrogen) atoms. The lowest BCUT2D eigenvalue weighted by Crippen LogP contribution is -1.81. The number of carbonyl (C=O) groups excluding carboxylic acids is 1. The highest BCUT2D eigenvalue weighted by atomic mass is 35.5. The van der Waals surface area contributed by atoms with E-state index in [1.807, 2.05) is 6.92 Å². The first-order chi connectivity index (χ1) is 4.74. The smallest absolute Gasteiger partial charge is 0.233 e. The molecular weight excluding hydrogens is 148 g/mol. The molecule has 0 atom stereocenters. The average Bonchev–Trinajstić information content (AvgIpc) is 1.95. The van der Waals surface area contributed by atoms with E-state index in [-0.39, 0.29) is 0 Å². The van der Waals surface area contributed by atoms with Crippen LogP contribution in [-0.4, -0.2) is 6.29 Å². The van der Waals surface area contributed by atoms with Gasteiger partial charge in [0.2, 0.25) is 6.29 Å². The first kappa shape index (κ1) is 7.29. The van der Waals surface area contributed by atoms with Crippen LogP contribution in [0.25, 0.3) is 0 Å². The lowest BCUT2D eigenvalue weighted by molar-refractivity contribution is 0.562. The molecule has 51 valence electrons. The van der Waals surface area contributed by atoms with E-state index >= 15 is 0 Å². The summed E-state index contributed by atoms with van der Waals surface area (Å²) in [5, 5.41) is 0.680. The van der Waals surface area contributed by atoms with Gasteiger partial charge in [0.1, 0.15) is 0 Å². The molecule has 0 saturated heterocycles. The molecule has 0 saturated carbocycles. The highest BCUT2D eigenvalue weighted by molar-refractivity contribution is 6.31. The minimum atomic E-state index is 0.543. The minimum absolute atomic E-state index is 0.543. The molecule has 0 aromatic heterocycles. The number of benzene rings is 1. The van der Waals surface area contributed by atoms with Crippen molar-refractivity contribution in [2.24, 2.45) is 0 Å². The number of aryl methyl sites for hydroxylation is 1. The Kier molecular flexibility index (Phi) is 2.07. The van der Waals surface area contributed by atoms with Crippen molar-refractivity contribution in [2.45, 2.75) is 6.92 Å². The zero-order valence-electron chi connectivity index (χ0n) is 5.52. The standard InChI is InChI=1S/C8H6ClO/c1-6-4-7(5-10)2-3-8(6)9/h2-4H,1H3. The van der Waals surface area contributed by atoms with Gasteiger partial charge < -0.3 is 0 Å². The van der Waals surface area contributed by atoms with E-state index in [1.54, 1.807) is 24.5 Å². The zero-order valence-corrected chi connectivity index (χ0v) is 6.27. The van der Waals surface area contributed by atoms with Gasteiger partial charge in [-0.2, -0.15) is 0 Å². The molecule has 2 heteroatoms. The quantitative estimate of drug-likeness (QED) is 0.604. The summed E-state index contributed by atoms with van der Waals surface area (Å²) >= 11 is 5.71. The largest absolute Gasteiger partial charge is 0.285 e. The Morgan fingerprint density at radius 3 is 2.70 bits per heavy atom. The molecule has 0 N–H and O–H groups in total. The molecule has 1 aromatic carbocycles. The van der Waals surface area contributed by atoms with Crippen LogP contribution in [0.15, 0.2) is 18.2 Å². The van der Waals surface area contributed by atoms with Crippen LogP contribution in [-0.2, 0) is 4.79 Å². The van der Waals surface area contributed by atoms with E-state index in [1.165, 1.54) is 0 Å². The van der Waals surface area contributed by atoms with Crippen LogP contribution in [0.5, 0.6) is 0 Å². The second kappa shape index (κ2) is 2.84. The molecule has 0 unspecified atom stereocenters. The van der Waals surface area contributed by atoms with E-state index in [0.29, 0.717) is 10.6 Å². The molecule has 0 aliphatic rings. The summed E-state index contributed by atoms with van der Waals surface area (Å²) in [6, 6.07) is 5.04. The van der Waals surface area contributed by atoms with Crippen molar-refractivity contribution in [3.8, 4) is 0 Å². The Morgan fingerprint density at radius 1 is 1.50 bits per heavy atom. The lowest BCUT2D eigenvalue weighted by atomic mass is 10.2. The predicted octanol–water partition coefficient (Wildman–Crippen LogP) is 2.11. The number of hydrogen-bond donors (Lipinski definition) is 0. The zero-order chi connectivity index (χ0) is 7.56. The molecule has 1 radical (unpaired) electrons. The normalized spacial score (nSPS) is 9.40. The number of hydrogen-bond acceptors (Lipinski definition) is 1. The Bertz CT molecular complexity index is 255. The number of rotatable bonds is 1. The van der Waals surface area contributed by atoms with Crippen molar-refractivity contribution in [3.63, 3.8) is 0 Å². The summed E-state index contributed by atoms with van der Waals surface area (Å²) in [6.45, 7) is 1.85. The Hall–Kier alpha value is -0.820. The van der Waals surface area contributed by atoms with Crippen LogP contribution in [0.2, 0.25) is 5.02 Å². The molecule has 0 spiro atoms. The average molecular weight is 154 g/mol. The van der Waals surface area contributed by atoms with Crippen LogP contribution >= 0.6 is 11.6 Å². The molecular formula is C8H6ClO. The molecule has 0 aliphatic heterocycles. The maximum Gasteiger partial charge on any atom is 0.233 e. The van der Waals surface area contributed by atoms with E-state index in [0.717, 1.165) is 5.56 Å². The predicted molar refractivity (Wildman–Crippen MR) is 41.0 cm³/mol. The van der Waals surface area contributed by atoms with Gasteiger partial charge in [-0.3, -0.25) is 4.79 Å². The maximum absolute atomic E-state index is 10.1. The maximum atomic E-state index is 10.1. The van der Waals surface area contributed by atoms with Gasteiger partial charge in [0.05, 0.1) is 0 Å². The van der Waals surface area contributed by atoms with Crippen molar-refractivity contribution >= 4 is 17.9 Å². The van der Waals surface area contributed by atoms with Crippen molar-refractivity contribution in [2.75, 3.05) is 0 Å². The molecule has 0 aliphatic carbocycles. The lowest BCUT2D eigenvalue weighted by Gasteiger charge is -1.95. The first-order valence-electron chi connectivity index (χ1n) is 2.88. The second-order valence-electron chi connectivity index (χ2n) is 2.07. The van der Waals surface area contributed by atoms with Gasteiger partial charge in [-0.15, -0.1) is 0 Å². The summed E-state index contributed by atoms with van der Waals surface area (Å²) < 4.78 is 0. The fourth-order valence-electron chi connectivity index (χ4n) is 0.708. The summed E-state index contributed by atoms with van der Waals surface area (Å²) in [7, 11) is 0. The van der Waals surface area contributed by atoms with E-state index in [2.05, 4.69) is 0 Å². The van der Waals surface area contributed by atoms with Crippen LogP contribution in [0.3, 0.4) is 0 Å². The van der Waals surface area contributed by atoms with Crippen LogP contribution < -0.4 is 0 Å². The third-order valence-electron chi connectivity index (χ3n) is 1.28. The topological polar surface area (TPSA) is 17.1 Å². The van der Waals surface area contributed by atoms with Gasteiger partial charge in [0.25, 0.3) is 0 Å². The summed E-state index contributed by atoms with van der Waals surface area (Å²) in [5.41, 5.74) is 1.45. The molecule has 0 bridgehead atoms. The van der Waals surface area contributed by atoms with Crippen molar-refractivity contribution < 1.29 is 4.79 Å². The fourth-order valence-corrected chi connectivity index (χ4v) is 0.826. The van der Waals surface area contributed by atoms with E-state index in [4.69, 9.17) is 11.6 Å². The summed E-state index contributed by atoms with van der Waals surface area (Å²) in [4.78, 5) is 10.1. The third-order valence-corrected chi connectivity index (χ3v) is 1.70. The highest BCUT2D eigenvalue weighted by Gasteiger charge is 1.95. The number of halogens is 1. The molecule has 1 rings (SSSR count). The highest BCUT2D eigenvalue weighted by Crippen LogP contribution is 2.14. The van der Waals surface area contributed by atoms with Crippen molar-refractivity contribution in [1.82, 2.24) is 0 Å². The molecule has 0 amide bonds. The third kappa shape index (κ3) is 1.36. The minimum Gasteiger partial charge on any atom is -0.285 e. The Labute approximate surface area is 64.6 Å². The van der Waals surface area contributed by atoms with Gasteiger partial charge in [0, 0.05) is 10.6 Å². The SMILES string of the molecule is Cc1cc([C]=O)ccc1Cl. The van der Waals surface area contributed by atoms with E-state index < -0.39 is 0 Å². The Morgan fingerprint density at radius 2 is 2.20 bits per heavy atom. The second-order valence-corrected chi connectivity index (χ2v) is 2.47. The van der Waals surface area contributed by atoms with Gasteiger partial charge >= 0.3 is 0 Å². The van der Waals surface area contributed by atoms with Crippen molar-refractivity contribution in [3.05, 3.63) is 34.3 Å². The monoisotopic (exact) mass is 153 g/mol. The van der Waals surface area contributed by atoms with Crippen LogP contribution in [0.4, 0.5) is 0 Å². The molecule has 0 heterocycles.